The van der Waals surface area contributed by atoms with Gasteiger partial charge in [-0.2, -0.15) is 0 Å². The summed E-state index contributed by atoms with van der Waals surface area (Å²) in [5.41, 5.74) is 22.2. The van der Waals surface area contributed by atoms with Gasteiger partial charge in [0.2, 0.25) is 0 Å². The molecule has 3 heteroatoms. The molecule has 0 radical (unpaired) electrons. The summed E-state index contributed by atoms with van der Waals surface area (Å²) in [6, 6.07) is 66.0. The Labute approximate surface area is 379 Å². The standard InChI is InChI=1S/C60H51NS2/c1-5-38(29-37(2)39-15-7-6-8-16-39)50(36-55(61)42-23-26-47-46-17-9-12-20-53(46)60(3,4)54(47)35-42)45-31-43(40-24-27-58-51(33-40)48-18-10-13-21-56(48)62-58)30-44(32-45)41-25-28-59-52(34-41)49-19-11-14-22-57(49)63-59/h6-28,30-38,50H,5,29,61H2,1-4H3/b55-36-. The third-order valence-electron chi connectivity index (χ3n) is 14.1. The summed E-state index contributed by atoms with van der Waals surface area (Å²) in [6.45, 7) is 9.46. The van der Waals surface area contributed by atoms with Crippen LogP contribution in [0, 0.1) is 5.92 Å². The lowest BCUT2D eigenvalue weighted by atomic mass is 9.76. The first kappa shape index (κ1) is 39.6. The van der Waals surface area contributed by atoms with E-state index in [2.05, 4.69) is 210 Å². The molecule has 3 unspecified atom stereocenters. The number of rotatable bonds is 10. The van der Waals surface area contributed by atoms with Crippen molar-refractivity contribution >= 4 is 68.7 Å². The number of fused-ring (bicyclic) bond motifs is 9. The Bertz CT molecular complexity index is 3250. The van der Waals surface area contributed by atoms with Gasteiger partial charge in [0.1, 0.15) is 0 Å². The van der Waals surface area contributed by atoms with Gasteiger partial charge in [0, 0.05) is 57.4 Å². The van der Waals surface area contributed by atoms with Gasteiger partial charge in [-0.15, -0.1) is 22.7 Å². The first-order valence-electron chi connectivity index (χ1n) is 22.5. The van der Waals surface area contributed by atoms with E-state index in [4.69, 9.17) is 5.73 Å². The predicted molar refractivity (Wildman–Crippen MR) is 275 cm³/mol. The Morgan fingerprint density at radius 1 is 0.524 bits per heavy atom. The maximum absolute atomic E-state index is 7.42. The van der Waals surface area contributed by atoms with Crippen molar-refractivity contribution in [3.8, 4) is 33.4 Å². The van der Waals surface area contributed by atoms with Crippen molar-refractivity contribution in [3.05, 3.63) is 210 Å². The van der Waals surface area contributed by atoms with Crippen molar-refractivity contribution < 1.29 is 0 Å². The molecule has 1 nitrogen and oxygen atoms in total. The lowest BCUT2D eigenvalue weighted by Gasteiger charge is -2.29. The summed E-state index contributed by atoms with van der Waals surface area (Å²) in [7, 11) is 0. The molecule has 10 aromatic rings. The molecule has 1 aliphatic carbocycles. The van der Waals surface area contributed by atoms with E-state index >= 15 is 0 Å². The molecule has 0 bridgehead atoms. The third kappa shape index (κ3) is 6.99. The minimum atomic E-state index is -0.105. The van der Waals surface area contributed by atoms with Crippen LogP contribution in [0.1, 0.15) is 80.2 Å². The smallest absolute Gasteiger partial charge is 0.0355 e. The normalized spacial score (nSPS) is 14.9. The van der Waals surface area contributed by atoms with Crippen LogP contribution in [0.5, 0.6) is 0 Å². The van der Waals surface area contributed by atoms with Crippen molar-refractivity contribution in [2.45, 2.75) is 57.8 Å². The molecule has 0 saturated carbocycles. The monoisotopic (exact) mass is 849 g/mol. The zero-order valence-electron chi connectivity index (χ0n) is 36.4. The van der Waals surface area contributed by atoms with Gasteiger partial charge < -0.3 is 5.73 Å². The molecule has 0 saturated heterocycles. The average Bonchev–Trinajstić information content (AvgIpc) is 3.96. The maximum atomic E-state index is 7.42. The van der Waals surface area contributed by atoms with Crippen molar-refractivity contribution in [1.82, 2.24) is 0 Å². The number of hydrogen-bond acceptors (Lipinski definition) is 3. The van der Waals surface area contributed by atoms with Crippen LogP contribution >= 0.6 is 22.7 Å². The molecule has 2 N–H and O–H groups in total. The highest BCUT2D eigenvalue weighted by molar-refractivity contribution is 7.26. The molecule has 0 aliphatic heterocycles. The first-order chi connectivity index (χ1) is 30.7. The van der Waals surface area contributed by atoms with E-state index in [1.54, 1.807) is 0 Å². The van der Waals surface area contributed by atoms with Crippen LogP contribution in [-0.4, -0.2) is 0 Å². The second-order valence-corrected chi connectivity index (χ2v) is 20.4. The van der Waals surface area contributed by atoms with Crippen molar-refractivity contribution in [2.75, 3.05) is 0 Å². The van der Waals surface area contributed by atoms with Crippen molar-refractivity contribution in [3.63, 3.8) is 0 Å². The highest BCUT2D eigenvalue weighted by atomic mass is 32.1. The zero-order chi connectivity index (χ0) is 42.8. The predicted octanol–water partition coefficient (Wildman–Crippen LogP) is 17.4. The molecular formula is C60H51NS2. The molecule has 8 aromatic carbocycles. The second-order valence-electron chi connectivity index (χ2n) is 18.3. The molecule has 0 fully saturated rings. The molecule has 2 aromatic heterocycles. The third-order valence-corrected chi connectivity index (χ3v) is 16.4. The second kappa shape index (κ2) is 15.8. The molecule has 1 aliphatic rings. The van der Waals surface area contributed by atoms with Gasteiger partial charge in [0.15, 0.2) is 0 Å². The summed E-state index contributed by atoms with van der Waals surface area (Å²) in [5.74, 6) is 0.789. The molecule has 11 rings (SSSR count). The van der Waals surface area contributed by atoms with Crippen LogP contribution in [0.4, 0.5) is 0 Å². The van der Waals surface area contributed by atoms with Crippen molar-refractivity contribution in [1.29, 1.82) is 0 Å². The number of hydrogen-bond donors (Lipinski definition) is 1. The lowest BCUT2D eigenvalue weighted by Crippen LogP contribution is -2.16. The van der Waals surface area contributed by atoms with E-state index in [0.717, 1.165) is 24.1 Å². The quantitative estimate of drug-likeness (QED) is 0.146. The van der Waals surface area contributed by atoms with E-state index in [0.29, 0.717) is 11.8 Å². The molecule has 0 spiro atoms. The summed E-state index contributed by atoms with van der Waals surface area (Å²) in [4.78, 5) is 0. The van der Waals surface area contributed by atoms with Crippen LogP contribution in [0.3, 0.4) is 0 Å². The highest BCUT2D eigenvalue weighted by Gasteiger charge is 2.35. The van der Waals surface area contributed by atoms with E-state index in [1.807, 2.05) is 22.7 Å². The van der Waals surface area contributed by atoms with Crippen LogP contribution < -0.4 is 5.73 Å². The van der Waals surface area contributed by atoms with Gasteiger partial charge in [0.05, 0.1) is 0 Å². The summed E-state index contributed by atoms with van der Waals surface area (Å²) in [5, 5.41) is 5.27. The molecule has 63 heavy (non-hydrogen) atoms. The van der Waals surface area contributed by atoms with Crippen LogP contribution in [0.25, 0.3) is 79.4 Å². The van der Waals surface area contributed by atoms with Crippen molar-refractivity contribution in [2.24, 2.45) is 11.7 Å². The van der Waals surface area contributed by atoms with Gasteiger partial charge in [0.25, 0.3) is 0 Å². The average molecular weight is 850 g/mol. The van der Waals surface area contributed by atoms with E-state index in [-0.39, 0.29) is 11.3 Å². The molecule has 3 atom stereocenters. The van der Waals surface area contributed by atoms with Gasteiger partial charge in [-0.05, 0) is 128 Å². The molecule has 308 valence electrons. The summed E-state index contributed by atoms with van der Waals surface area (Å²) in [6.07, 6.45) is 4.48. The fourth-order valence-electron chi connectivity index (χ4n) is 10.6. The number of nitrogens with two attached hydrogens (primary N) is 1. The van der Waals surface area contributed by atoms with E-state index in [1.165, 1.54) is 96.0 Å². The zero-order valence-corrected chi connectivity index (χ0v) is 38.0. The molecular weight excluding hydrogens is 799 g/mol. The Morgan fingerprint density at radius 2 is 1.08 bits per heavy atom. The van der Waals surface area contributed by atoms with Crippen LogP contribution in [0.15, 0.2) is 182 Å². The number of thiophene rings is 2. The first-order valence-corrected chi connectivity index (χ1v) is 24.1. The Balaban J connectivity index is 1.10. The summed E-state index contributed by atoms with van der Waals surface area (Å²) >= 11 is 3.75. The largest absolute Gasteiger partial charge is 0.398 e. The van der Waals surface area contributed by atoms with E-state index in [9.17, 15) is 0 Å². The summed E-state index contributed by atoms with van der Waals surface area (Å²) < 4.78 is 5.30. The maximum Gasteiger partial charge on any atom is 0.0355 e. The Hall–Kier alpha value is -6.26. The van der Waals surface area contributed by atoms with Crippen LogP contribution in [0.2, 0.25) is 0 Å². The highest BCUT2D eigenvalue weighted by Crippen LogP contribution is 2.50. The lowest BCUT2D eigenvalue weighted by molar-refractivity contribution is 0.398. The Kier molecular flexibility index (Phi) is 9.94. The van der Waals surface area contributed by atoms with Gasteiger partial charge in [-0.25, -0.2) is 0 Å². The molecule has 0 amide bonds. The SMILES string of the molecule is CCC(CC(C)c1ccccc1)C(/C=C(\N)c1ccc2c(c1)C(C)(C)c1ccccc1-2)c1cc(-c2ccc3sc4ccccc4c3c2)cc(-c2ccc3sc4ccccc4c3c2)c1. The fourth-order valence-corrected chi connectivity index (χ4v) is 12.8. The van der Waals surface area contributed by atoms with Gasteiger partial charge in [-0.1, -0.05) is 168 Å². The van der Waals surface area contributed by atoms with Crippen LogP contribution in [-0.2, 0) is 5.41 Å². The minimum Gasteiger partial charge on any atom is -0.398 e. The van der Waals surface area contributed by atoms with Gasteiger partial charge >= 0.3 is 0 Å². The van der Waals surface area contributed by atoms with E-state index < -0.39 is 0 Å². The minimum absolute atomic E-state index is 0.0646. The number of benzene rings is 8. The molecule has 2 heterocycles. The fraction of sp³-hybridized carbons (Fsp3) is 0.167. The Morgan fingerprint density at radius 3 is 1.71 bits per heavy atom. The van der Waals surface area contributed by atoms with Gasteiger partial charge in [-0.3, -0.25) is 0 Å². The number of allylic oxidation sites excluding steroid dienone is 1. The topological polar surface area (TPSA) is 26.0 Å².